The molecule has 0 amide bonds. The van der Waals surface area contributed by atoms with E-state index in [1.807, 2.05) is 6.07 Å². The van der Waals surface area contributed by atoms with Gasteiger partial charge in [-0.15, -0.1) is 12.4 Å². The van der Waals surface area contributed by atoms with Crippen LogP contribution in [-0.4, -0.2) is 29.6 Å². The van der Waals surface area contributed by atoms with Crippen LogP contribution in [0.5, 0.6) is 0 Å². The number of nitrogens with zero attached hydrogens (tertiary/aromatic N) is 1. The summed E-state index contributed by atoms with van der Waals surface area (Å²) in [5, 5.41) is 8.84. The highest BCUT2D eigenvalue weighted by molar-refractivity contribution is 5.87. The van der Waals surface area contributed by atoms with Crippen LogP contribution in [-0.2, 0) is 13.0 Å². The number of hydrogen-bond acceptors (Lipinski definition) is 2. The van der Waals surface area contributed by atoms with E-state index in [1.54, 1.807) is 12.1 Å². The maximum Gasteiger partial charge on any atom is 0.335 e. The van der Waals surface area contributed by atoms with Gasteiger partial charge in [0.25, 0.3) is 0 Å². The molecule has 0 unspecified atom stereocenters. The normalized spacial score (nSPS) is 15.3. The molecule has 0 radical (unpaired) electrons. The topological polar surface area (TPSA) is 40.5 Å². The third kappa shape index (κ3) is 2.49. The van der Waals surface area contributed by atoms with Gasteiger partial charge in [-0.25, -0.2) is 4.79 Å². The molecule has 82 valence electrons. The largest absolute Gasteiger partial charge is 0.478 e. The highest BCUT2D eigenvalue weighted by Gasteiger charge is 2.14. The summed E-state index contributed by atoms with van der Waals surface area (Å²) in [5.41, 5.74) is 2.82. The van der Waals surface area contributed by atoms with Gasteiger partial charge in [0.2, 0.25) is 0 Å². The van der Waals surface area contributed by atoms with Crippen molar-refractivity contribution in [1.29, 1.82) is 0 Å². The Balaban J connectivity index is 0.00000112. The van der Waals surface area contributed by atoms with Crippen molar-refractivity contribution in [3.05, 3.63) is 34.9 Å². The fourth-order valence-corrected chi connectivity index (χ4v) is 1.83. The number of rotatable bonds is 1. The van der Waals surface area contributed by atoms with Crippen molar-refractivity contribution in [3.63, 3.8) is 0 Å². The number of hydrogen-bond donors (Lipinski definition) is 1. The van der Waals surface area contributed by atoms with E-state index < -0.39 is 5.97 Å². The predicted octanol–water partition coefficient (Wildman–Crippen LogP) is 1.79. The van der Waals surface area contributed by atoms with E-state index in [2.05, 4.69) is 11.9 Å². The number of carbonyl (C=O) groups is 1. The van der Waals surface area contributed by atoms with Gasteiger partial charge in [0, 0.05) is 13.1 Å². The molecule has 0 aromatic heterocycles. The Morgan fingerprint density at radius 1 is 1.40 bits per heavy atom. The molecule has 0 spiro atoms. The van der Waals surface area contributed by atoms with E-state index in [9.17, 15) is 4.79 Å². The summed E-state index contributed by atoms with van der Waals surface area (Å²) in [7, 11) is 2.05. The Labute approximate surface area is 95.1 Å². The van der Waals surface area contributed by atoms with E-state index in [1.165, 1.54) is 5.56 Å². The summed E-state index contributed by atoms with van der Waals surface area (Å²) in [6, 6.07) is 5.41. The van der Waals surface area contributed by atoms with E-state index in [4.69, 9.17) is 5.11 Å². The van der Waals surface area contributed by atoms with Crippen LogP contribution in [0.3, 0.4) is 0 Å². The summed E-state index contributed by atoms with van der Waals surface area (Å²) in [4.78, 5) is 13.0. The molecule has 1 aromatic rings. The van der Waals surface area contributed by atoms with E-state index >= 15 is 0 Å². The molecule has 1 aliphatic heterocycles. The minimum absolute atomic E-state index is 0. The lowest BCUT2D eigenvalue weighted by atomic mass is 9.98. The second-order valence-corrected chi connectivity index (χ2v) is 3.78. The zero-order valence-corrected chi connectivity index (χ0v) is 9.38. The molecule has 0 saturated heterocycles. The van der Waals surface area contributed by atoms with Crippen LogP contribution in [0, 0.1) is 0 Å². The molecule has 2 rings (SSSR count). The molecule has 3 nitrogen and oxygen atoms in total. The molecular weight excluding hydrogens is 214 g/mol. The zero-order chi connectivity index (χ0) is 10.1. The van der Waals surface area contributed by atoms with Gasteiger partial charge in [-0.2, -0.15) is 0 Å². The number of carboxylic acid groups (broad SMARTS) is 1. The predicted molar refractivity (Wildman–Crippen MR) is 60.7 cm³/mol. The number of likely N-dealkylation sites (N-methyl/N-ethyl adjacent to an activating group) is 1. The maximum atomic E-state index is 10.8. The first-order valence-electron chi connectivity index (χ1n) is 4.70. The SMILES string of the molecule is CN1CCc2ccc(C(=O)O)cc2C1.Cl. The first-order valence-corrected chi connectivity index (χ1v) is 4.70. The summed E-state index contributed by atoms with van der Waals surface area (Å²) >= 11 is 0. The van der Waals surface area contributed by atoms with Crippen molar-refractivity contribution in [3.8, 4) is 0 Å². The van der Waals surface area contributed by atoms with Gasteiger partial charge in [0.15, 0.2) is 0 Å². The molecule has 1 N–H and O–H groups in total. The van der Waals surface area contributed by atoms with Crippen LogP contribution < -0.4 is 0 Å². The lowest BCUT2D eigenvalue weighted by Crippen LogP contribution is -2.26. The van der Waals surface area contributed by atoms with Gasteiger partial charge in [0.05, 0.1) is 5.56 Å². The standard InChI is InChI=1S/C11H13NO2.ClH/c1-12-5-4-8-2-3-9(11(13)14)6-10(8)7-12;/h2-3,6H,4-5,7H2,1H3,(H,13,14);1H. The Kier molecular flexibility index (Phi) is 3.72. The van der Waals surface area contributed by atoms with E-state index in [-0.39, 0.29) is 12.4 Å². The van der Waals surface area contributed by atoms with Crippen molar-refractivity contribution in [2.75, 3.05) is 13.6 Å². The smallest absolute Gasteiger partial charge is 0.335 e. The number of halogens is 1. The highest BCUT2D eigenvalue weighted by Crippen LogP contribution is 2.19. The van der Waals surface area contributed by atoms with Crippen molar-refractivity contribution in [1.82, 2.24) is 4.90 Å². The second kappa shape index (κ2) is 4.64. The molecule has 0 bridgehead atoms. The van der Waals surface area contributed by atoms with Gasteiger partial charge in [0.1, 0.15) is 0 Å². The van der Waals surface area contributed by atoms with Gasteiger partial charge in [-0.05, 0) is 36.7 Å². The number of benzene rings is 1. The minimum Gasteiger partial charge on any atom is -0.478 e. The van der Waals surface area contributed by atoms with Crippen molar-refractivity contribution >= 4 is 18.4 Å². The average molecular weight is 228 g/mol. The molecule has 0 saturated carbocycles. The molecule has 0 fully saturated rings. The minimum atomic E-state index is -0.846. The fourth-order valence-electron chi connectivity index (χ4n) is 1.83. The Bertz CT molecular complexity index is 379. The maximum absolute atomic E-state index is 10.8. The lowest BCUT2D eigenvalue weighted by Gasteiger charge is -2.24. The summed E-state index contributed by atoms with van der Waals surface area (Å²) < 4.78 is 0. The molecule has 4 heteroatoms. The van der Waals surface area contributed by atoms with Gasteiger partial charge in [-0.1, -0.05) is 6.07 Å². The van der Waals surface area contributed by atoms with Gasteiger partial charge >= 0.3 is 5.97 Å². The van der Waals surface area contributed by atoms with Crippen molar-refractivity contribution < 1.29 is 9.90 Å². The summed E-state index contributed by atoms with van der Waals surface area (Å²) in [6.45, 7) is 1.91. The van der Waals surface area contributed by atoms with Crippen LogP contribution in [0.4, 0.5) is 0 Å². The zero-order valence-electron chi connectivity index (χ0n) is 8.56. The van der Waals surface area contributed by atoms with Crippen LogP contribution >= 0.6 is 12.4 Å². The molecule has 1 heterocycles. The fraction of sp³-hybridized carbons (Fsp3) is 0.364. The Morgan fingerprint density at radius 2 is 2.13 bits per heavy atom. The quantitative estimate of drug-likeness (QED) is 0.795. The second-order valence-electron chi connectivity index (χ2n) is 3.78. The van der Waals surface area contributed by atoms with Crippen LogP contribution in [0.15, 0.2) is 18.2 Å². The summed E-state index contributed by atoms with van der Waals surface area (Å²) in [6.07, 6.45) is 1.02. The monoisotopic (exact) mass is 227 g/mol. The molecule has 1 aliphatic rings. The lowest BCUT2D eigenvalue weighted by molar-refractivity contribution is 0.0696. The third-order valence-corrected chi connectivity index (χ3v) is 2.66. The Morgan fingerprint density at radius 3 is 2.80 bits per heavy atom. The molecular formula is C11H14ClNO2. The molecule has 0 atom stereocenters. The van der Waals surface area contributed by atoms with Crippen molar-refractivity contribution in [2.24, 2.45) is 0 Å². The molecule has 0 aliphatic carbocycles. The van der Waals surface area contributed by atoms with Crippen LogP contribution in [0.25, 0.3) is 0 Å². The highest BCUT2D eigenvalue weighted by atomic mass is 35.5. The number of fused-ring (bicyclic) bond motifs is 1. The Hall–Kier alpha value is -1.06. The van der Waals surface area contributed by atoms with Gasteiger partial charge < -0.3 is 10.0 Å². The van der Waals surface area contributed by atoms with Crippen molar-refractivity contribution in [2.45, 2.75) is 13.0 Å². The average Bonchev–Trinajstić information content (AvgIpc) is 2.16. The number of carboxylic acids is 1. The first-order chi connectivity index (χ1) is 6.66. The van der Waals surface area contributed by atoms with Crippen LogP contribution in [0.2, 0.25) is 0 Å². The van der Waals surface area contributed by atoms with Gasteiger partial charge in [-0.3, -0.25) is 0 Å². The summed E-state index contributed by atoms with van der Waals surface area (Å²) in [5.74, 6) is -0.846. The first kappa shape index (κ1) is 12.0. The number of aromatic carboxylic acids is 1. The van der Waals surface area contributed by atoms with E-state index in [0.29, 0.717) is 5.56 Å². The third-order valence-electron chi connectivity index (χ3n) is 2.66. The molecule has 1 aromatic carbocycles. The van der Waals surface area contributed by atoms with Crippen LogP contribution in [0.1, 0.15) is 21.5 Å². The molecule has 15 heavy (non-hydrogen) atoms. The van der Waals surface area contributed by atoms with E-state index in [0.717, 1.165) is 25.1 Å².